The maximum absolute atomic E-state index is 13.3. The normalized spacial score (nSPS) is 15.9. The Kier molecular flexibility index (Phi) is 5.76. The Bertz CT molecular complexity index is 1060. The number of aromatic nitrogens is 1. The van der Waals surface area contributed by atoms with E-state index in [0.717, 1.165) is 17.0 Å². The average molecular weight is 451 g/mol. The van der Waals surface area contributed by atoms with Gasteiger partial charge in [0.2, 0.25) is 0 Å². The first-order chi connectivity index (χ1) is 14.8. The van der Waals surface area contributed by atoms with Crippen LogP contribution in [0.25, 0.3) is 10.6 Å². The first kappa shape index (κ1) is 21.4. The van der Waals surface area contributed by atoms with E-state index in [9.17, 15) is 23.1 Å². The molecule has 0 spiro atoms. The molecule has 164 valence electrons. The number of aliphatic hydroxyl groups is 1. The maximum atomic E-state index is 13.3. The van der Waals surface area contributed by atoms with E-state index in [1.165, 1.54) is 24.3 Å². The van der Waals surface area contributed by atoms with Crippen molar-refractivity contribution in [2.24, 2.45) is 0 Å². The SMILES string of the molecule is C[C@H](O)c1onc(-c2cccs2)c1C(=O)N1CCN(c2cccc(C(F)(F)F)c2)CC1. The van der Waals surface area contributed by atoms with Gasteiger partial charge in [-0.05, 0) is 36.6 Å². The second kappa shape index (κ2) is 8.35. The lowest BCUT2D eigenvalue weighted by atomic mass is 10.1. The molecule has 0 aliphatic carbocycles. The highest BCUT2D eigenvalue weighted by molar-refractivity contribution is 7.13. The number of benzene rings is 1. The third-order valence-corrected chi connectivity index (χ3v) is 6.05. The van der Waals surface area contributed by atoms with Gasteiger partial charge in [-0.15, -0.1) is 11.3 Å². The lowest BCUT2D eigenvalue weighted by Crippen LogP contribution is -2.49. The fourth-order valence-corrected chi connectivity index (χ4v) is 4.29. The number of hydrogen-bond acceptors (Lipinski definition) is 6. The number of aliphatic hydroxyl groups excluding tert-OH is 1. The van der Waals surface area contributed by atoms with Crippen LogP contribution in [-0.4, -0.2) is 47.2 Å². The highest BCUT2D eigenvalue weighted by Crippen LogP contribution is 2.34. The zero-order valence-electron chi connectivity index (χ0n) is 16.6. The first-order valence-corrected chi connectivity index (χ1v) is 10.6. The molecule has 0 saturated carbocycles. The van der Waals surface area contributed by atoms with E-state index in [4.69, 9.17) is 4.52 Å². The predicted octanol–water partition coefficient (Wildman–Crippen LogP) is 4.44. The molecule has 0 radical (unpaired) electrons. The van der Waals surface area contributed by atoms with E-state index in [2.05, 4.69) is 5.16 Å². The van der Waals surface area contributed by atoms with Gasteiger partial charge < -0.3 is 19.4 Å². The molecule has 1 atom stereocenters. The van der Waals surface area contributed by atoms with Crippen molar-refractivity contribution in [3.8, 4) is 10.6 Å². The Morgan fingerprint density at radius 3 is 2.55 bits per heavy atom. The van der Waals surface area contributed by atoms with Crippen molar-refractivity contribution >= 4 is 22.9 Å². The average Bonchev–Trinajstić information content (AvgIpc) is 3.42. The molecule has 1 saturated heterocycles. The quantitative estimate of drug-likeness (QED) is 0.635. The van der Waals surface area contributed by atoms with Gasteiger partial charge in [-0.1, -0.05) is 17.3 Å². The molecule has 1 aliphatic rings. The molecule has 3 aromatic rings. The third-order valence-electron chi connectivity index (χ3n) is 5.17. The Hall–Kier alpha value is -2.85. The molecular formula is C21H20F3N3O3S. The molecule has 1 N–H and O–H groups in total. The number of alkyl halides is 3. The summed E-state index contributed by atoms with van der Waals surface area (Å²) in [5.41, 5.74) is 0.382. The van der Waals surface area contributed by atoms with Crippen LogP contribution < -0.4 is 4.90 Å². The summed E-state index contributed by atoms with van der Waals surface area (Å²) in [5, 5.41) is 15.9. The summed E-state index contributed by atoms with van der Waals surface area (Å²) in [6.45, 7) is 2.92. The maximum Gasteiger partial charge on any atom is 0.416 e. The highest BCUT2D eigenvalue weighted by atomic mass is 32.1. The Labute approximate surface area is 180 Å². The van der Waals surface area contributed by atoms with Gasteiger partial charge in [-0.2, -0.15) is 13.2 Å². The lowest BCUT2D eigenvalue weighted by molar-refractivity contribution is -0.137. The van der Waals surface area contributed by atoms with E-state index in [1.54, 1.807) is 11.0 Å². The van der Waals surface area contributed by atoms with Crippen molar-refractivity contribution in [1.82, 2.24) is 10.1 Å². The van der Waals surface area contributed by atoms with Crippen molar-refractivity contribution in [2.75, 3.05) is 31.1 Å². The number of halogens is 3. The zero-order valence-corrected chi connectivity index (χ0v) is 17.4. The van der Waals surface area contributed by atoms with Gasteiger partial charge in [-0.3, -0.25) is 4.79 Å². The Morgan fingerprint density at radius 2 is 1.94 bits per heavy atom. The van der Waals surface area contributed by atoms with Gasteiger partial charge in [0, 0.05) is 31.9 Å². The number of piperazine rings is 1. The molecule has 2 aromatic heterocycles. The molecule has 1 aromatic carbocycles. The van der Waals surface area contributed by atoms with E-state index in [0.29, 0.717) is 37.6 Å². The molecular weight excluding hydrogens is 431 g/mol. The van der Waals surface area contributed by atoms with Crippen LogP contribution in [-0.2, 0) is 6.18 Å². The summed E-state index contributed by atoms with van der Waals surface area (Å²) in [6, 6.07) is 8.83. The Morgan fingerprint density at radius 1 is 1.19 bits per heavy atom. The summed E-state index contributed by atoms with van der Waals surface area (Å²) < 4.78 is 44.3. The minimum absolute atomic E-state index is 0.105. The van der Waals surface area contributed by atoms with E-state index in [-0.39, 0.29) is 17.2 Å². The lowest BCUT2D eigenvalue weighted by Gasteiger charge is -2.36. The molecule has 1 fully saturated rings. The van der Waals surface area contributed by atoms with Gasteiger partial charge in [0.05, 0.1) is 10.4 Å². The number of hydrogen-bond donors (Lipinski definition) is 1. The number of carbonyl (C=O) groups excluding carboxylic acids is 1. The molecule has 6 nitrogen and oxygen atoms in total. The van der Waals surface area contributed by atoms with Crippen molar-refractivity contribution < 1.29 is 27.6 Å². The predicted molar refractivity (Wildman–Crippen MR) is 110 cm³/mol. The van der Waals surface area contributed by atoms with E-state index >= 15 is 0 Å². The summed E-state index contributed by atoms with van der Waals surface area (Å²) in [5.74, 6) is -0.210. The van der Waals surface area contributed by atoms with Crippen molar-refractivity contribution in [3.63, 3.8) is 0 Å². The number of anilines is 1. The number of rotatable bonds is 4. The van der Waals surface area contributed by atoms with Gasteiger partial charge in [-0.25, -0.2) is 0 Å². The number of amides is 1. The largest absolute Gasteiger partial charge is 0.416 e. The number of carbonyl (C=O) groups is 1. The summed E-state index contributed by atoms with van der Waals surface area (Å²) in [7, 11) is 0. The van der Waals surface area contributed by atoms with Crippen LogP contribution >= 0.6 is 11.3 Å². The van der Waals surface area contributed by atoms with E-state index < -0.39 is 17.8 Å². The van der Waals surface area contributed by atoms with E-state index in [1.807, 2.05) is 22.4 Å². The number of thiophene rings is 1. The summed E-state index contributed by atoms with van der Waals surface area (Å²) in [6.07, 6.45) is -5.41. The van der Waals surface area contributed by atoms with Crippen molar-refractivity contribution in [2.45, 2.75) is 19.2 Å². The number of nitrogens with zero attached hydrogens (tertiary/aromatic N) is 3. The molecule has 0 unspecified atom stereocenters. The molecule has 1 amide bonds. The molecule has 0 bridgehead atoms. The standard InChI is InChI=1S/C21H20F3N3O3S/c1-13(28)19-17(18(25-30-19)16-6-3-11-31-16)20(29)27-9-7-26(8-10-27)15-5-2-4-14(12-15)21(22,23)24/h2-6,11-13,28H,7-10H2,1H3/t13-/m0/s1. The molecule has 1 aliphatic heterocycles. The summed E-state index contributed by atoms with van der Waals surface area (Å²) in [4.78, 5) is 17.5. The van der Waals surface area contributed by atoms with Crippen LogP contribution in [0.3, 0.4) is 0 Å². The topological polar surface area (TPSA) is 69.8 Å². The fourth-order valence-electron chi connectivity index (χ4n) is 3.58. The van der Waals surface area contributed by atoms with Crippen LogP contribution in [0, 0.1) is 0 Å². The highest BCUT2D eigenvalue weighted by Gasteiger charge is 2.33. The van der Waals surface area contributed by atoms with Crippen molar-refractivity contribution in [1.29, 1.82) is 0 Å². The zero-order chi connectivity index (χ0) is 22.2. The Balaban J connectivity index is 1.53. The minimum Gasteiger partial charge on any atom is -0.385 e. The van der Waals surface area contributed by atoms with Crippen LogP contribution in [0.2, 0.25) is 0 Å². The molecule has 10 heteroatoms. The van der Waals surface area contributed by atoms with Crippen LogP contribution in [0.15, 0.2) is 46.3 Å². The monoisotopic (exact) mass is 451 g/mol. The van der Waals surface area contributed by atoms with Gasteiger partial charge in [0.15, 0.2) is 5.76 Å². The first-order valence-electron chi connectivity index (χ1n) is 9.68. The van der Waals surface area contributed by atoms with Gasteiger partial charge in [0.25, 0.3) is 5.91 Å². The van der Waals surface area contributed by atoms with Crippen LogP contribution in [0.4, 0.5) is 18.9 Å². The van der Waals surface area contributed by atoms with Gasteiger partial charge in [0.1, 0.15) is 17.4 Å². The van der Waals surface area contributed by atoms with Crippen LogP contribution in [0.5, 0.6) is 0 Å². The smallest absolute Gasteiger partial charge is 0.385 e. The fraction of sp³-hybridized carbons (Fsp3) is 0.333. The molecule has 31 heavy (non-hydrogen) atoms. The van der Waals surface area contributed by atoms with Gasteiger partial charge >= 0.3 is 6.18 Å². The van der Waals surface area contributed by atoms with Crippen molar-refractivity contribution in [3.05, 3.63) is 58.7 Å². The molecule has 4 rings (SSSR count). The minimum atomic E-state index is -4.41. The second-order valence-electron chi connectivity index (χ2n) is 7.25. The molecule has 3 heterocycles. The third kappa shape index (κ3) is 4.31. The second-order valence-corrected chi connectivity index (χ2v) is 8.20. The van der Waals surface area contributed by atoms with Crippen LogP contribution in [0.1, 0.15) is 34.7 Å². The summed E-state index contributed by atoms with van der Waals surface area (Å²) >= 11 is 1.41.